The summed E-state index contributed by atoms with van der Waals surface area (Å²) in [7, 11) is 1.79. The fraction of sp³-hybridized carbons (Fsp3) is 0.925. The summed E-state index contributed by atoms with van der Waals surface area (Å²) in [5.41, 5.74) is 0. The number of rotatable bonds is 43. The van der Waals surface area contributed by atoms with Gasteiger partial charge in [-0.15, -0.1) is 0 Å². The van der Waals surface area contributed by atoms with Crippen LogP contribution in [-0.2, 0) is 33.3 Å². The highest BCUT2D eigenvalue weighted by Crippen LogP contribution is 2.13. The van der Waals surface area contributed by atoms with E-state index in [0.29, 0.717) is 98.3 Å². The van der Waals surface area contributed by atoms with Crippen molar-refractivity contribution in [2.75, 3.05) is 92.6 Å². The van der Waals surface area contributed by atoms with E-state index >= 15 is 0 Å². The standard InChI is InChI=1S/C40H81N5O8/c1-4-6-7-8-9-10-11-12-13-14-15-16-17-21-38(47)45-26-30-53-34-31-50-27-22-36(46)35-42-25-29-52-33-32-51-28-23-39(48)44-24-19-18-20-37(41-3)40(49)43-5-2/h37,39,41-42,44,48H,4-35H2,1-3H3,(H,43,49)(H,45,47). The number of carbonyl (C=O) groups excluding carboxylic acids is 3. The number of hydrogen-bond donors (Lipinski definition) is 6. The van der Waals surface area contributed by atoms with Crippen molar-refractivity contribution in [1.82, 2.24) is 26.6 Å². The van der Waals surface area contributed by atoms with E-state index < -0.39 is 6.23 Å². The third-order valence-corrected chi connectivity index (χ3v) is 8.94. The van der Waals surface area contributed by atoms with Gasteiger partial charge in [0.1, 0.15) is 12.0 Å². The maximum atomic E-state index is 12.0. The molecule has 53 heavy (non-hydrogen) atoms. The van der Waals surface area contributed by atoms with E-state index in [4.69, 9.17) is 18.9 Å². The van der Waals surface area contributed by atoms with Gasteiger partial charge in [-0.2, -0.15) is 0 Å². The average molecular weight is 760 g/mol. The maximum absolute atomic E-state index is 12.0. The van der Waals surface area contributed by atoms with Gasteiger partial charge in [-0.25, -0.2) is 0 Å². The van der Waals surface area contributed by atoms with Crippen molar-refractivity contribution >= 4 is 17.6 Å². The molecular weight excluding hydrogens is 678 g/mol. The van der Waals surface area contributed by atoms with E-state index in [1.165, 1.54) is 70.6 Å². The van der Waals surface area contributed by atoms with Crippen molar-refractivity contribution in [2.45, 2.75) is 148 Å². The molecule has 0 bridgehead atoms. The van der Waals surface area contributed by atoms with Gasteiger partial charge in [0.2, 0.25) is 11.8 Å². The minimum Gasteiger partial charge on any atom is -0.379 e. The van der Waals surface area contributed by atoms with Crippen LogP contribution < -0.4 is 26.6 Å². The lowest BCUT2D eigenvalue weighted by Gasteiger charge is -2.16. The van der Waals surface area contributed by atoms with Gasteiger partial charge in [0.15, 0.2) is 0 Å². The van der Waals surface area contributed by atoms with Gasteiger partial charge >= 0.3 is 0 Å². The third kappa shape index (κ3) is 38.4. The molecule has 0 aromatic carbocycles. The fourth-order valence-electron chi connectivity index (χ4n) is 5.69. The van der Waals surface area contributed by atoms with E-state index in [1.807, 2.05) is 6.92 Å². The molecule has 0 aliphatic carbocycles. The predicted octanol–water partition coefficient (Wildman–Crippen LogP) is 4.39. The van der Waals surface area contributed by atoms with Gasteiger partial charge in [-0.1, -0.05) is 90.4 Å². The molecule has 0 rings (SSSR count). The summed E-state index contributed by atoms with van der Waals surface area (Å²) in [6.45, 7) is 10.2. The Bertz CT molecular complexity index is 826. The first-order valence-electron chi connectivity index (χ1n) is 21.1. The van der Waals surface area contributed by atoms with Crippen LogP contribution in [0.1, 0.15) is 136 Å². The normalized spacial score (nSPS) is 12.5. The average Bonchev–Trinajstić information content (AvgIpc) is 3.15. The highest BCUT2D eigenvalue weighted by molar-refractivity contribution is 5.81. The molecule has 0 saturated carbocycles. The molecule has 0 aromatic rings. The molecule has 13 heteroatoms. The van der Waals surface area contributed by atoms with Gasteiger partial charge in [0.05, 0.1) is 65.4 Å². The third-order valence-electron chi connectivity index (χ3n) is 8.94. The second kappa shape index (κ2) is 41.5. The summed E-state index contributed by atoms with van der Waals surface area (Å²) < 4.78 is 22.0. The first-order chi connectivity index (χ1) is 25.9. The van der Waals surface area contributed by atoms with Crippen molar-refractivity contribution in [2.24, 2.45) is 0 Å². The van der Waals surface area contributed by atoms with Crippen LogP contribution in [0.4, 0.5) is 0 Å². The van der Waals surface area contributed by atoms with E-state index in [0.717, 1.165) is 32.1 Å². The molecule has 0 saturated heterocycles. The Morgan fingerprint density at radius 1 is 0.566 bits per heavy atom. The second-order valence-corrected chi connectivity index (χ2v) is 13.7. The van der Waals surface area contributed by atoms with E-state index in [1.54, 1.807) is 7.05 Å². The maximum Gasteiger partial charge on any atom is 0.237 e. The Hall–Kier alpha value is -1.71. The first kappa shape index (κ1) is 51.3. The summed E-state index contributed by atoms with van der Waals surface area (Å²) in [6.07, 6.45) is 20.2. The second-order valence-electron chi connectivity index (χ2n) is 13.7. The Labute approximate surface area is 322 Å². The molecule has 0 aliphatic rings. The molecule has 2 atom stereocenters. The number of ether oxygens (including phenoxy) is 4. The summed E-state index contributed by atoms with van der Waals surface area (Å²) in [6, 6.07) is -0.182. The van der Waals surface area contributed by atoms with Crippen LogP contribution in [-0.4, -0.2) is 128 Å². The summed E-state index contributed by atoms with van der Waals surface area (Å²) in [5, 5.41) is 25.0. The summed E-state index contributed by atoms with van der Waals surface area (Å²) in [4.78, 5) is 35.9. The number of carbonyl (C=O) groups is 3. The zero-order valence-electron chi connectivity index (χ0n) is 34.1. The van der Waals surface area contributed by atoms with Gasteiger partial charge in [-0.05, 0) is 39.8 Å². The smallest absolute Gasteiger partial charge is 0.237 e. The van der Waals surface area contributed by atoms with E-state index in [2.05, 4.69) is 33.5 Å². The summed E-state index contributed by atoms with van der Waals surface area (Å²) in [5.74, 6) is 0.196. The van der Waals surface area contributed by atoms with Crippen molar-refractivity contribution in [3.8, 4) is 0 Å². The van der Waals surface area contributed by atoms with Crippen LogP contribution in [0.25, 0.3) is 0 Å². The lowest BCUT2D eigenvalue weighted by molar-refractivity contribution is -0.123. The molecule has 0 aromatic heterocycles. The number of amides is 2. The van der Waals surface area contributed by atoms with Crippen molar-refractivity contribution < 1.29 is 38.4 Å². The molecule has 6 N–H and O–H groups in total. The minimum atomic E-state index is -0.631. The van der Waals surface area contributed by atoms with Crippen LogP contribution >= 0.6 is 0 Å². The molecule has 0 fully saturated rings. The predicted molar refractivity (Wildman–Crippen MR) is 213 cm³/mol. The Kier molecular flexibility index (Phi) is 40.1. The number of aliphatic hydroxyl groups excluding tert-OH is 1. The number of nitrogens with one attached hydrogen (secondary N) is 5. The van der Waals surface area contributed by atoms with Gasteiger partial charge < -0.3 is 45.3 Å². The molecule has 0 heterocycles. The SMILES string of the molecule is CCCCCCCCCCCCCCCC(=O)NCCOCCOCCC(=O)CNCCOCCOCCC(O)NCCCCC(NC)C(=O)NCC. The molecule has 0 aliphatic heterocycles. The van der Waals surface area contributed by atoms with Crippen molar-refractivity contribution in [1.29, 1.82) is 0 Å². The minimum absolute atomic E-state index is 0.0244. The number of aliphatic hydroxyl groups is 1. The lowest BCUT2D eigenvalue weighted by atomic mass is 10.0. The number of unbranched alkanes of at least 4 members (excludes halogenated alkanes) is 13. The number of likely N-dealkylation sites (N-methyl/N-ethyl adjacent to an activating group) is 2. The molecule has 314 valence electrons. The fourth-order valence-corrected chi connectivity index (χ4v) is 5.69. The Morgan fingerprint density at radius 3 is 1.74 bits per heavy atom. The van der Waals surface area contributed by atoms with Crippen LogP contribution in [0.15, 0.2) is 0 Å². The molecular formula is C40H81N5O8. The monoisotopic (exact) mass is 760 g/mol. The molecule has 2 unspecified atom stereocenters. The van der Waals surface area contributed by atoms with Crippen molar-refractivity contribution in [3.63, 3.8) is 0 Å². The lowest BCUT2D eigenvalue weighted by Crippen LogP contribution is -2.42. The van der Waals surface area contributed by atoms with Crippen LogP contribution in [0.3, 0.4) is 0 Å². The van der Waals surface area contributed by atoms with Gasteiger partial charge in [-0.3, -0.25) is 19.7 Å². The van der Waals surface area contributed by atoms with E-state index in [-0.39, 0.29) is 30.2 Å². The number of hydrogen-bond acceptors (Lipinski definition) is 11. The first-order valence-corrected chi connectivity index (χ1v) is 21.1. The molecule has 2 amide bonds. The van der Waals surface area contributed by atoms with Crippen LogP contribution in [0.5, 0.6) is 0 Å². The molecule has 0 radical (unpaired) electrons. The van der Waals surface area contributed by atoms with Crippen LogP contribution in [0, 0.1) is 0 Å². The Morgan fingerprint density at radius 2 is 1.13 bits per heavy atom. The molecule has 0 spiro atoms. The Balaban J connectivity index is 3.36. The van der Waals surface area contributed by atoms with Gasteiger partial charge in [0, 0.05) is 38.9 Å². The largest absolute Gasteiger partial charge is 0.379 e. The number of Topliss-reactive ketones (excluding diaryl/α,β-unsaturated/α-hetero) is 1. The van der Waals surface area contributed by atoms with Crippen molar-refractivity contribution in [3.05, 3.63) is 0 Å². The zero-order valence-corrected chi connectivity index (χ0v) is 34.1. The van der Waals surface area contributed by atoms with Gasteiger partial charge in [0.25, 0.3) is 0 Å². The van der Waals surface area contributed by atoms with Crippen LogP contribution in [0.2, 0.25) is 0 Å². The molecule has 13 nitrogen and oxygen atoms in total. The number of ketones is 1. The zero-order chi connectivity index (χ0) is 38.9. The van der Waals surface area contributed by atoms with E-state index in [9.17, 15) is 19.5 Å². The summed E-state index contributed by atoms with van der Waals surface area (Å²) >= 11 is 0. The topological polar surface area (TPSA) is 169 Å². The highest BCUT2D eigenvalue weighted by atomic mass is 16.5. The highest BCUT2D eigenvalue weighted by Gasteiger charge is 2.14. The quantitative estimate of drug-likeness (QED) is 0.0386.